The maximum absolute atomic E-state index is 12.5. The van der Waals surface area contributed by atoms with Gasteiger partial charge in [0, 0.05) is 24.4 Å². The number of likely N-dealkylation sites (tertiary alicyclic amines) is 1. The number of hydrogen-bond donors (Lipinski definition) is 0. The van der Waals surface area contributed by atoms with Gasteiger partial charge >= 0.3 is 6.09 Å². The Labute approximate surface area is 169 Å². The Morgan fingerprint density at radius 3 is 2.52 bits per heavy atom. The van der Waals surface area contributed by atoms with Crippen LogP contribution >= 0.6 is 23.2 Å². The molecule has 0 N–H and O–H groups in total. The Morgan fingerprint density at radius 2 is 1.96 bits per heavy atom. The zero-order valence-electron chi connectivity index (χ0n) is 15.7. The lowest BCUT2D eigenvalue weighted by Crippen LogP contribution is -2.39. The van der Waals surface area contributed by atoms with Gasteiger partial charge in [0.2, 0.25) is 0 Å². The van der Waals surface area contributed by atoms with E-state index < -0.39 is 21.1 Å². The molecule has 0 aromatic heterocycles. The van der Waals surface area contributed by atoms with Crippen molar-refractivity contribution in [3.63, 3.8) is 0 Å². The van der Waals surface area contributed by atoms with Gasteiger partial charge in [0.25, 0.3) is 10.1 Å². The molecule has 1 aromatic carbocycles. The van der Waals surface area contributed by atoms with Crippen molar-refractivity contribution in [1.29, 1.82) is 0 Å². The summed E-state index contributed by atoms with van der Waals surface area (Å²) in [6.45, 7) is 6.43. The Kier molecular flexibility index (Phi) is 5.21. The van der Waals surface area contributed by atoms with Crippen molar-refractivity contribution in [2.45, 2.75) is 31.8 Å². The Morgan fingerprint density at radius 1 is 1.30 bits per heavy atom. The summed E-state index contributed by atoms with van der Waals surface area (Å²) >= 11 is 12.2. The van der Waals surface area contributed by atoms with Crippen LogP contribution in [0.1, 0.15) is 26.3 Å². The highest BCUT2D eigenvalue weighted by Gasteiger charge is 2.70. The standard InChI is InChI=1S/C18H23Cl2NO5S/c1-17(2,3)26-16(22)21-8-12-13(9-25-27(4,23)24)18(12,10-21)11-5-6-14(19)15(20)7-11/h5-7,12-13H,8-10H2,1-4H3/t12-,13-,18+/m1/s1. The fourth-order valence-electron chi connectivity index (χ4n) is 3.98. The van der Waals surface area contributed by atoms with E-state index in [-0.39, 0.29) is 24.5 Å². The quantitative estimate of drug-likeness (QED) is 0.673. The average Bonchev–Trinajstić information content (AvgIpc) is 2.92. The van der Waals surface area contributed by atoms with Crippen LogP contribution in [0.5, 0.6) is 0 Å². The number of hydrogen-bond acceptors (Lipinski definition) is 5. The normalized spacial score (nSPS) is 27.4. The van der Waals surface area contributed by atoms with E-state index in [9.17, 15) is 13.2 Å². The van der Waals surface area contributed by atoms with Crippen LogP contribution in [0, 0.1) is 11.8 Å². The molecule has 0 bridgehead atoms. The molecule has 27 heavy (non-hydrogen) atoms. The fraction of sp³-hybridized carbons (Fsp3) is 0.611. The molecule has 1 aromatic rings. The summed E-state index contributed by atoms with van der Waals surface area (Å²) in [5.41, 5.74) is -0.0649. The SMILES string of the molecule is CC(C)(C)OC(=O)N1C[C@@H]2[C@@H](COS(C)(=O)=O)[C@]2(c2ccc(Cl)c(Cl)c2)C1. The van der Waals surface area contributed by atoms with Crippen LogP contribution in [0.4, 0.5) is 4.79 Å². The smallest absolute Gasteiger partial charge is 0.410 e. The van der Waals surface area contributed by atoms with Gasteiger partial charge in [-0.1, -0.05) is 29.3 Å². The zero-order valence-corrected chi connectivity index (χ0v) is 18.0. The number of piperidine rings is 1. The minimum Gasteiger partial charge on any atom is -0.444 e. The summed E-state index contributed by atoms with van der Waals surface area (Å²) in [6, 6.07) is 5.38. The molecule has 6 nitrogen and oxygen atoms in total. The van der Waals surface area contributed by atoms with Gasteiger partial charge in [-0.05, 0) is 44.4 Å². The summed E-state index contributed by atoms with van der Waals surface area (Å²) in [4.78, 5) is 14.1. The summed E-state index contributed by atoms with van der Waals surface area (Å²) in [5, 5.41) is 0.868. The van der Waals surface area contributed by atoms with Gasteiger partial charge in [0.15, 0.2) is 0 Å². The molecule has 3 atom stereocenters. The van der Waals surface area contributed by atoms with E-state index in [1.165, 1.54) is 0 Å². The van der Waals surface area contributed by atoms with Crippen LogP contribution in [-0.2, 0) is 24.5 Å². The third-order valence-corrected chi connectivity index (χ3v) is 6.44. The summed E-state index contributed by atoms with van der Waals surface area (Å²) in [6.07, 6.45) is 0.654. The first-order valence-corrected chi connectivity index (χ1v) is 11.2. The van der Waals surface area contributed by atoms with Crippen molar-refractivity contribution in [1.82, 2.24) is 4.90 Å². The van der Waals surface area contributed by atoms with E-state index in [4.69, 9.17) is 32.1 Å². The third-order valence-electron chi connectivity index (χ3n) is 5.14. The Bertz CT molecular complexity index is 867. The van der Waals surface area contributed by atoms with Crippen molar-refractivity contribution in [3.8, 4) is 0 Å². The first kappa shape index (κ1) is 20.7. The molecule has 2 fully saturated rings. The molecule has 3 rings (SSSR count). The maximum Gasteiger partial charge on any atom is 0.410 e. The number of ether oxygens (including phenoxy) is 1. The van der Waals surface area contributed by atoms with Gasteiger partial charge in [0.1, 0.15) is 5.60 Å². The first-order chi connectivity index (χ1) is 12.3. The van der Waals surface area contributed by atoms with Crippen LogP contribution in [0.15, 0.2) is 18.2 Å². The molecule has 1 aliphatic heterocycles. The summed E-state index contributed by atoms with van der Waals surface area (Å²) < 4.78 is 33.3. The van der Waals surface area contributed by atoms with Gasteiger partial charge in [-0.25, -0.2) is 4.79 Å². The van der Waals surface area contributed by atoms with Crippen molar-refractivity contribution in [3.05, 3.63) is 33.8 Å². The molecule has 1 saturated heterocycles. The highest BCUT2D eigenvalue weighted by molar-refractivity contribution is 7.85. The molecular weight excluding hydrogens is 413 g/mol. The summed E-state index contributed by atoms with van der Waals surface area (Å²) in [5.74, 6) is 0.0483. The lowest BCUT2D eigenvalue weighted by molar-refractivity contribution is 0.0255. The Hall–Kier alpha value is -1.02. The van der Waals surface area contributed by atoms with Crippen LogP contribution < -0.4 is 0 Å². The molecular formula is C18H23Cl2NO5S. The van der Waals surface area contributed by atoms with E-state index in [1.54, 1.807) is 17.0 Å². The second-order valence-corrected chi connectivity index (χ2v) is 10.7. The Balaban J connectivity index is 1.85. The van der Waals surface area contributed by atoms with Crippen molar-refractivity contribution >= 4 is 39.4 Å². The topological polar surface area (TPSA) is 72.9 Å². The second kappa shape index (κ2) is 6.79. The van der Waals surface area contributed by atoms with E-state index in [2.05, 4.69) is 0 Å². The van der Waals surface area contributed by atoms with Gasteiger partial charge < -0.3 is 9.64 Å². The largest absolute Gasteiger partial charge is 0.444 e. The lowest BCUT2D eigenvalue weighted by Gasteiger charge is -2.28. The monoisotopic (exact) mass is 435 g/mol. The van der Waals surface area contributed by atoms with Gasteiger partial charge in [-0.15, -0.1) is 0 Å². The number of benzene rings is 1. The lowest BCUT2D eigenvalue weighted by atomic mass is 9.93. The molecule has 0 radical (unpaired) electrons. The average molecular weight is 436 g/mol. The van der Waals surface area contributed by atoms with Crippen molar-refractivity contribution in [2.24, 2.45) is 11.8 Å². The second-order valence-electron chi connectivity index (χ2n) is 8.23. The molecule has 9 heteroatoms. The molecule has 1 heterocycles. The summed E-state index contributed by atoms with van der Waals surface area (Å²) in [7, 11) is -3.54. The van der Waals surface area contributed by atoms with Crippen LogP contribution in [-0.4, -0.2) is 51.0 Å². The molecule has 1 saturated carbocycles. The van der Waals surface area contributed by atoms with Crippen LogP contribution in [0.3, 0.4) is 0 Å². The molecule has 1 aliphatic carbocycles. The third kappa shape index (κ3) is 4.21. The predicted molar refractivity (Wildman–Crippen MR) is 104 cm³/mol. The van der Waals surface area contributed by atoms with Crippen molar-refractivity contribution in [2.75, 3.05) is 26.0 Å². The maximum atomic E-state index is 12.5. The predicted octanol–water partition coefficient (Wildman–Crippen LogP) is 3.70. The molecule has 2 aliphatic rings. The highest BCUT2D eigenvalue weighted by atomic mass is 35.5. The number of carbonyl (C=O) groups is 1. The number of amides is 1. The number of rotatable bonds is 4. The number of carbonyl (C=O) groups excluding carboxylic acids is 1. The first-order valence-electron chi connectivity index (χ1n) is 8.61. The zero-order chi connectivity index (χ0) is 20.2. The van der Waals surface area contributed by atoms with Crippen LogP contribution in [0.2, 0.25) is 10.0 Å². The molecule has 150 valence electrons. The molecule has 0 spiro atoms. The van der Waals surface area contributed by atoms with E-state index in [0.29, 0.717) is 23.1 Å². The van der Waals surface area contributed by atoms with E-state index in [1.807, 2.05) is 26.8 Å². The minimum absolute atomic E-state index is 0.0249. The van der Waals surface area contributed by atoms with E-state index >= 15 is 0 Å². The van der Waals surface area contributed by atoms with Gasteiger partial charge in [-0.3, -0.25) is 4.18 Å². The van der Waals surface area contributed by atoms with Gasteiger partial charge in [0.05, 0.1) is 22.9 Å². The molecule has 1 amide bonds. The number of nitrogens with zero attached hydrogens (tertiary/aromatic N) is 1. The number of halogens is 2. The molecule has 0 unspecified atom stereocenters. The minimum atomic E-state index is -3.54. The van der Waals surface area contributed by atoms with Gasteiger partial charge in [-0.2, -0.15) is 8.42 Å². The van der Waals surface area contributed by atoms with Crippen molar-refractivity contribution < 1.29 is 22.1 Å². The van der Waals surface area contributed by atoms with Crippen LogP contribution in [0.25, 0.3) is 0 Å². The highest BCUT2D eigenvalue weighted by Crippen LogP contribution is 2.64. The fourth-order valence-corrected chi connectivity index (χ4v) is 4.67. The number of fused-ring (bicyclic) bond motifs is 1. The van der Waals surface area contributed by atoms with E-state index in [0.717, 1.165) is 11.8 Å².